The summed E-state index contributed by atoms with van der Waals surface area (Å²) in [6, 6.07) is 0.474. The monoisotopic (exact) mass is 351 g/mol. The Balaban J connectivity index is 0.00000220. The lowest BCUT2D eigenvalue weighted by Crippen LogP contribution is -2.41. The minimum absolute atomic E-state index is 0. The van der Waals surface area contributed by atoms with E-state index < -0.39 is 0 Å². The Labute approximate surface area is 144 Å². The molecule has 2 N–H and O–H groups in total. The standard InChI is InChI=1S/C14H25N5O.2ClH/c1-10-14(11(2)18(4)17-10)16-13(20)9-19-7-5-6-12(19)8-15-3;;/h12,15H,5-9H2,1-4H3,(H,16,20);2*1H. The number of likely N-dealkylation sites (N-methyl/N-ethyl adjacent to an activating group) is 1. The lowest BCUT2D eigenvalue weighted by atomic mass is 10.2. The van der Waals surface area contributed by atoms with Gasteiger partial charge in [0.25, 0.3) is 0 Å². The number of aromatic nitrogens is 2. The Morgan fingerprint density at radius 2 is 2.05 bits per heavy atom. The van der Waals surface area contributed by atoms with E-state index in [1.54, 1.807) is 4.68 Å². The van der Waals surface area contributed by atoms with Crippen LogP contribution in [0.1, 0.15) is 24.2 Å². The van der Waals surface area contributed by atoms with Crippen molar-refractivity contribution >= 4 is 36.4 Å². The predicted octanol–water partition coefficient (Wildman–Crippen LogP) is 1.50. The van der Waals surface area contributed by atoms with Crippen LogP contribution < -0.4 is 10.6 Å². The zero-order chi connectivity index (χ0) is 14.7. The lowest BCUT2D eigenvalue weighted by molar-refractivity contribution is -0.117. The van der Waals surface area contributed by atoms with E-state index in [0.29, 0.717) is 12.6 Å². The van der Waals surface area contributed by atoms with E-state index >= 15 is 0 Å². The lowest BCUT2D eigenvalue weighted by Gasteiger charge is -2.23. The van der Waals surface area contributed by atoms with E-state index in [0.717, 1.165) is 30.2 Å². The summed E-state index contributed by atoms with van der Waals surface area (Å²) in [5, 5.41) is 10.5. The minimum atomic E-state index is 0. The van der Waals surface area contributed by atoms with Gasteiger partial charge in [-0.25, -0.2) is 0 Å². The van der Waals surface area contributed by atoms with Gasteiger partial charge in [-0.1, -0.05) is 0 Å². The molecule has 0 spiro atoms. The molecule has 1 aliphatic rings. The molecule has 22 heavy (non-hydrogen) atoms. The predicted molar refractivity (Wildman–Crippen MR) is 94.3 cm³/mol. The molecule has 1 aromatic heterocycles. The fourth-order valence-electron chi connectivity index (χ4n) is 2.89. The zero-order valence-corrected chi connectivity index (χ0v) is 15.3. The van der Waals surface area contributed by atoms with Gasteiger partial charge in [-0.3, -0.25) is 14.4 Å². The van der Waals surface area contributed by atoms with Gasteiger partial charge in [-0.05, 0) is 40.3 Å². The van der Waals surface area contributed by atoms with Gasteiger partial charge in [0, 0.05) is 19.6 Å². The van der Waals surface area contributed by atoms with E-state index in [9.17, 15) is 4.79 Å². The number of rotatable bonds is 5. The molecule has 0 aliphatic carbocycles. The van der Waals surface area contributed by atoms with E-state index in [-0.39, 0.29) is 30.7 Å². The molecule has 2 rings (SSSR count). The van der Waals surface area contributed by atoms with Gasteiger partial charge in [-0.2, -0.15) is 5.10 Å². The zero-order valence-electron chi connectivity index (χ0n) is 13.7. The molecule has 1 aliphatic heterocycles. The van der Waals surface area contributed by atoms with Gasteiger partial charge in [0.15, 0.2) is 0 Å². The number of carbonyl (C=O) groups is 1. The van der Waals surface area contributed by atoms with Gasteiger partial charge in [0.2, 0.25) is 5.91 Å². The van der Waals surface area contributed by atoms with Gasteiger partial charge in [-0.15, -0.1) is 24.8 Å². The SMILES string of the molecule is CNCC1CCCN1CC(=O)Nc1c(C)nn(C)c1C.Cl.Cl. The van der Waals surface area contributed by atoms with Crippen molar-refractivity contribution < 1.29 is 4.79 Å². The van der Waals surface area contributed by atoms with Crippen LogP contribution in [0.5, 0.6) is 0 Å². The smallest absolute Gasteiger partial charge is 0.238 e. The van der Waals surface area contributed by atoms with Gasteiger partial charge >= 0.3 is 0 Å². The molecule has 1 fully saturated rings. The van der Waals surface area contributed by atoms with Crippen LogP contribution in [0, 0.1) is 13.8 Å². The molecule has 128 valence electrons. The summed E-state index contributed by atoms with van der Waals surface area (Å²) in [5.41, 5.74) is 2.71. The highest BCUT2D eigenvalue weighted by Gasteiger charge is 2.26. The van der Waals surface area contributed by atoms with Crippen molar-refractivity contribution in [2.75, 3.05) is 32.0 Å². The Kier molecular flexibility index (Phi) is 9.00. The van der Waals surface area contributed by atoms with Crippen LogP contribution >= 0.6 is 24.8 Å². The van der Waals surface area contributed by atoms with Gasteiger partial charge < -0.3 is 10.6 Å². The van der Waals surface area contributed by atoms with Crippen LogP contribution in [0.3, 0.4) is 0 Å². The number of carbonyl (C=O) groups excluding carboxylic acids is 1. The molecule has 1 atom stereocenters. The summed E-state index contributed by atoms with van der Waals surface area (Å²) in [6.07, 6.45) is 2.34. The fraction of sp³-hybridized carbons (Fsp3) is 0.714. The number of amides is 1. The molecule has 1 unspecified atom stereocenters. The average Bonchev–Trinajstić information content (AvgIpc) is 2.91. The molecule has 0 bridgehead atoms. The summed E-state index contributed by atoms with van der Waals surface area (Å²) in [7, 11) is 3.85. The molecule has 1 aromatic rings. The van der Waals surface area contributed by atoms with Crippen molar-refractivity contribution in [2.45, 2.75) is 32.7 Å². The first-order chi connectivity index (χ1) is 9.52. The highest BCUT2D eigenvalue weighted by atomic mass is 35.5. The molecule has 6 nitrogen and oxygen atoms in total. The molecule has 1 amide bonds. The molecule has 0 aromatic carbocycles. The number of hydrogen-bond acceptors (Lipinski definition) is 4. The first-order valence-corrected chi connectivity index (χ1v) is 7.21. The van der Waals surface area contributed by atoms with Gasteiger partial charge in [0.1, 0.15) is 0 Å². The quantitative estimate of drug-likeness (QED) is 0.843. The molecular weight excluding hydrogens is 325 g/mol. The number of halogens is 2. The number of aryl methyl sites for hydroxylation is 2. The summed E-state index contributed by atoms with van der Waals surface area (Å²) in [6.45, 7) is 6.29. The third kappa shape index (κ3) is 4.84. The van der Waals surface area contributed by atoms with Crippen LogP contribution in [-0.2, 0) is 11.8 Å². The third-order valence-corrected chi connectivity index (χ3v) is 4.06. The number of anilines is 1. The van der Waals surface area contributed by atoms with Crippen molar-refractivity contribution in [3.8, 4) is 0 Å². The summed E-state index contributed by atoms with van der Waals surface area (Å²) in [4.78, 5) is 14.5. The Bertz CT molecular complexity index is 492. The van der Waals surface area contributed by atoms with E-state index in [1.807, 2.05) is 27.9 Å². The fourth-order valence-corrected chi connectivity index (χ4v) is 2.89. The van der Waals surface area contributed by atoms with Crippen LogP contribution in [0.25, 0.3) is 0 Å². The summed E-state index contributed by atoms with van der Waals surface area (Å²) < 4.78 is 1.80. The van der Waals surface area contributed by atoms with Gasteiger partial charge in [0.05, 0.1) is 23.6 Å². The first kappa shape index (κ1) is 21.2. The molecule has 8 heteroatoms. The minimum Gasteiger partial charge on any atom is -0.322 e. The summed E-state index contributed by atoms with van der Waals surface area (Å²) in [5.74, 6) is 0.0483. The summed E-state index contributed by atoms with van der Waals surface area (Å²) >= 11 is 0. The van der Waals surface area contributed by atoms with Crippen molar-refractivity contribution in [3.05, 3.63) is 11.4 Å². The highest BCUT2D eigenvalue weighted by Crippen LogP contribution is 2.19. The second-order valence-electron chi connectivity index (χ2n) is 5.54. The average molecular weight is 352 g/mol. The second-order valence-corrected chi connectivity index (χ2v) is 5.54. The third-order valence-electron chi connectivity index (χ3n) is 4.06. The number of nitrogens with zero attached hydrogens (tertiary/aromatic N) is 3. The number of nitrogens with one attached hydrogen (secondary N) is 2. The molecule has 0 saturated carbocycles. The largest absolute Gasteiger partial charge is 0.322 e. The highest BCUT2D eigenvalue weighted by molar-refractivity contribution is 5.93. The van der Waals surface area contributed by atoms with Crippen LogP contribution in [0.15, 0.2) is 0 Å². The normalized spacial score (nSPS) is 17.7. The second kappa shape index (κ2) is 9.35. The number of hydrogen-bond donors (Lipinski definition) is 2. The van der Waals surface area contributed by atoms with Crippen molar-refractivity contribution in [2.24, 2.45) is 7.05 Å². The van der Waals surface area contributed by atoms with Crippen LogP contribution in [-0.4, -0.2) is 53.3 Å². The topological polar surface area (TPSA) is 62.2 Å². The maximum atomic E-state index is 12.2. The molecule has 0 radical (unpaired) electrons. The Morgan fingerprint density at radius 3 is 2.59 bits per heavy atom. The van der Waals surface area contributed by atoms with Crippen molar-refractivity contribution in [3.63, 3.8) is 0 Å². The maximum Gasteiger partial charge on any atom is 0.238 e. The van der Waals surface area contributed by atoms with E-state index in [1.165, 1.54) is 12.8 Å². The maximum absolute atomic E-state index is 12.2. The molecule has 1 saturated heterocycles. The van der Waals surface area contributed by atoms with E-state index in [2.05, 4.69) is 20.6 Å². The Hall–Kier alpha value is -0.820. The molecule has 2 heterocycles. The molecular formula is C14H27Cl2N5O. The van der Waals surface area contributed by atoms with E-state index in [4.69, 9.17) is 0 Å². The van der Waals surface area contributed by atoms with Crippen LogP contribution in [0.4, 0.5) is 5.69 Å². The van der Waals surface area contributed by atoms with Crippen molar-refractivity contribution in [1.29, 1.82) is 0 Å². The first-order valence-electron chi connectivity index (χ1n) is 7.21. The number of likely N-dealkylation sites (tertiary alicyclic amines) is 1. The Morgan fingerprint density at radius 1 is 1.36 bits per heavy atom. The van der Waals surface area contributed by atoms with Crippen LogP contribution in [0.2, 0.25) is 0 Å². The van der Waals surface area contributed by atoms with Crippen molar-refractivity contribution in [1.82, 2.24) is 20.0 Å².